The second kappa shape index (κ2) is 5.50. The summed E-state index contributed by atoms with van der Waals surface area (Å²) in [6.07, 6.45) is -0.880. The van der Waals surface area contributed by atoms with Gasteiger partial charge in [-0.05, 0) is 38.5 Å². The Morgan fingerprint density at radius 3 is 2.55 bits per heavy atom. The first kappa shape index (κ1) is 14.9. The summed E-state index contributed by atoms with van der Waals surface area (Å²) in [5.74, 6) is -0.0804. The lowest BCUT2D eigenvalue weighted by molar-refractivity contribution is 0.193. The van der Waals surface area contributed by atoms with E-state index in [0.29, 0.717) is 0 Å². The zero-order chi connectivity index (χ0) is 14.9. The van der Waals surface area contributed by atoms with E-state index in [0.717, 1.165) is 22.2 Å². The standard InChI is InChI=1S/C15H19NO3S/c1-10-8-13(9-20(18,19)12(3)11(2)17)14-6-4-5-7-15(14)16-10/h4-8,11-12,17H,9H2,1-3H3. The second-order valence-corrected chi connectivity index (χ2v) is 7.55. The Hall–Kier alpha value is -1.46. The van der Waals surface area contributed by atoms with Crippen LogP contribution in [0.3, 0.4) is 0 Å². The number of benzene rings is 1. The number of rotatable bonds is 4. The normalized spacial score (nSPS) is 15.2. The van der Waals surface area contributed by atoms with Crippen molar-refractivity contribution in [2.24, 2.45) is 0 Å². The molecule has 2 atom stereocenters. The predicted octanol–water partition coefficient (Wildman–Crippen LogP) is 2.23. The minimum Gasteiger partial charge on any atom is -0.392 e. The van der Waals surface area contributed by atoms with Gasteiger partial charge in [0.25, 0.3) is 0 Å². The lowest BCUT2D eigenvalue weighted by atomic mass is 10.1. The largest absolute Gasteiger partial charge is 0.392 e. The molecule has 5 heteroatoms. The molecule has 2 aromatic rings. The molecule has 2 rings (SSSR count). The van der Waals surface area contributed by atoms with Gasteiger partial charge in [0.2, 0.25) is 0 Å². The average molecular weight is 293 g/mol. The van der Waals surface area contributed by atoms with E-state index in [1.54, 1.807) is 6.07 Å². The summed E-state index contributed by atoms with van der Waals surface area (Å²) in [5, 5.41) is 9.57. The van der Waals surface area contributed by atoms with Gasteiger partial charge in [-0.2, -0.15) is 0 Å². The molecule has 0 fully saturated rings. The molecule has 1 heterocycles. The maximum atomic E-state index is 12.3. The fraction of sp³-hybridized carbons (Fsp3) is 0.400. The molecule has 2 unspecified atom stereocenters. The summed E-state index contributed by atoms with van der Waals surface area (Å²) < 4.78 is 24.6. The van der Waals surface area contributed by atoms with E-state index < -0.39 is 21.2 Å². The SMILES string of the molecule is Cc1cc(CS(=O)(=O)C(C)C(C)O)c2ccccc2n1. The first-order valence-electron chi connectivity index (χ1n) is 6.56. The zero-order valence-electron chi connectivity index (χ0n) is 11.9. The number of hydrogen-bond donors (Lipinski definition) is 1. The lowest BCUT2D eigenvalue weighted by Crippen LogP contribution is -2.30. The van der Waals surface area contributed by atoms with Crippen LogP contribution in [0.1, 0.15) is 25.1 Å². The van der Waals surface area contributed by atoms with Crippen molar-refractivity contribution in [2.45, 2.75) is 37.9 Å². The van der Waals surface area contributed by atoms with Crippen molar-refractivity contribution < 1.29 is 13.5 Å². The highest BCUT2D eigenvalue weighted by Crippen LogP contribution is 2.22. The smallest absolute Gasteiger partial charge is 0.159 e. The summed E-state index contributed by atoms with van der Waals surface area (Å²) in [6, 6.07) is 9.30. The number of pyridine rings is 1. The fourth-order valence-corrected chi connectivity index (χ4v) is 3.70. The maximum Gasteiger partial charge on any atom is 0.159 e. The molecule has 0 spiro atoms. The van der Waals surface area contributed by atoms with Crippen LogP contribution >= 0.6 is 0 Å². The number of hydrogen-bond acceptors (Lipinski definition) is 4. The van der Waals surface area contributed by atoms with Crippen LogP contribution in [0.2, 0.25) is 0 Å². The summed E-state index contributed by atoms with van der Waals surface area (Å²) in [6.45, 7) is 4.88. The summed E-state index contributed by atoms with van der Waals surface area (Å²) in [4.78, 5) is 4.40. The third kappa shape index (κ3) is 2.99. The Kier molecular flexibility index (Phi) is 4.11. The molecule has 1 aromatic carbocycles. The maximum absolute atomic E-state index is 12.3. The summed E-state index contributed by atoms with van der Waals surface area (Å²) in [7, 11) is -3.40. The van der Waals surface area contributed by atoms with E-state index in [1.165, 1.54) is 13.8 Å². The minimum atomic E-state index is -3.40. The van der Waals surface area contributed by atoms with Crippen LogP contribution < -0.4 is 0 Å². The highest BCUT2D eigenvalue weighted by Gasteiger charge is 2.26. The Morgan fingerprint density at radius 1 is 1.25 bits per heavy atom. The summed E-state index contributed by atoms with van der Waals surface area (Å²) in [5.41, 5.74) is 2.32. The Morgan fingerprint density at radius 2 is 1.90 bits per heavy atom. The molecule has 0 saturated carbocycles. The monoisotopic (exact) mass is 293 g/mol. The van der Waals surface area contributed by atoms with E-state index in [4.69, 9.17) is 0 Å². The topological polar surface area (TPSA) is 67.3 Å². The number of aliphatic hydroxyl groups excluding tert-OH is 1. The fourth-order valence-electron chi connectivity index (χ4n) is 2.16. The molecule has 1 N–H and O–H groups in total. The predicted molar refractivity (Wildman–Crippen MR) is 80.2 cm³/mol. The molecule has 0 radical (unpaired) electrons. The molecular formula is C15H19NO3S. The number of nitrogens with zero attached hydrogens (tertiary/aromatic N) is 1. The van der Waals surface area contributed by atoms with Crippen molar-refractivity contribution in [2.75, 3.05) is 0 Å². The van der Waals surface area contributed by atoms with Gasteiger partial charge < -0.3 is 5.11 Å². The highest BCUT2D eigenvalue weighted by molar-refractivity contribution is 7.91. The third-order valence-electron chi connectivity index (χ3n) is 3.53. The van der Waals surface area contributed by atoms with Crippen LogP contribution in [-0.2, 0) is 15.6 Å². The molecule has 0 aliphatic heterocycles. The van der Waals surface area contributed by atoms with E-state index >= 15 is 0 Å². The van der Waals surface area contributed by atoms with Crippen LogP contribution in [0.5, 0.6) is 0 Å². The van der Waals surface area contributed by atoms with E-state index in [-0.39, 0.29) is 5.75 Å². The number of aryl methyl sites for hydroxylation is 1. The number of aliphatic hydroxyl groups is 1. The van der Waals surface area contributed by atoms with Crippen molar-refractivity contribution in [3.05, 3.63) is 41.6 Å². The quantitative estimate of drug-likeness (QED) is 0.938. The summed E-state index contributed by atoms with van der Waals surface area (Å²) >= 11 is 0. The van der Waals surface area contributed by atoms with Gasteiger partial charge in [0.1, 0.15) is 0 Å². The van der Waals surface area contributed by atoms with Gasteiger partial charge >= 0.3 is 0 Å². The first-order valence-corrected chi connectivity index (χ1v) is 8.27. The molecule has 0 bridgehead atoms. The van der Waals surface area contributed by atoms with Crippen LogP contribution in [0.4, 0.5) is 0 Å². The zero-order valence-corrected chi connectivity index (χ0v) is 12.7. The van der Waals surface area contributed by atoms with E-state index in [9.17, 15) is 13.5 Å². The molecule has 0 aliphatic carbocycles. The van der Waals surface area contributed by atoms with Gasteiger partial charge in [0.05, 0.1) is 22.6 Å². The van der Waals surface area contributed by atoms with Crippen molar-refractivity contribution in [3.8, 4) is 0 Å². The van der Waals surface area contributed by atoms with Crippen LogP contribution in [0.25, 0.3) is 10.9 Å². The number of fused-ring (bicyclic) bond motifs is 1. The van der Waals surface area contributed by atoms with Crippen LogP contribution in [-0.4, -0.2) is 29.9 Å². The van der Waals surface area contributed by atoms with Crippen molar-refractivity contribution >= 4 is 20.7 Å². The van der Waals surface area contributed by atoms with Gasteiger partial charge in [0, 0.05) is 11.1 Å². The average Bonchev–Trinajstić information content (AvgIpc) is 2.37. The molecule has 20 heavy (non-hydrogen) atoms. The van der Waals surface area contributed by atoms with Gasteiger partial charge in [0.15, 0.2) is 9.84 Å². The van der Waals surface area contributed by atoms with Gasteiger partial charge in [-0.15, -0.1) is 0 Å². The molecule has 0 aliphatic rings. The van der Waals surface area contributed by atoms with Crippen molar-refractivity contribution in [3.63, 3.8) is 0 Å². The van der Waals surface area contributed by atoms with Crippen molar-refractivity contribution in [1.82, 2.24) is 4.98 Å². The molecule has 108 valence electrons. The molecule has 0 amide bonds. The Bertz CT molecular complexity index is 723. The third-order valence-corrected chi connectivity index (χ3v) is 5.77. The minimum absolute atomic E-state index is 0.0804. The van der Waals surface area contributed by atoms with E-state index in [2.05, 4.69) is 4.98 Å². The van der Waals surface area contributed by atoms with E-state index in [1.807, 2.05) is 31.2 Å². The number of para-hydroxylation sites is 1. The molecule has 4 nitrogen and oxygen atoms in total. The van der Waals surface area contributed by atoms with Gasteiger partial charge in [-0.25, -0.2) is 8.42 Å². The highest BCUT2D eigenvalue weighted by atomic mass is 32.2. The van der Waals surface area contributed by atoms with Gasteiger partial charge in [-0.3, -0.25) is 4.98 Å². The Labute approximate surface area is 119 Å². The lowest BCUT2D eigenvalue weighted by Gasteiger charge is -2.16. The molecule has 0 saturated heterocycles. The van der Waals surface area contributed by atoms with Crippen molar-refractivity contribution in [1.29, 1.82) is 0 Å². The van der Waals surface area contributed by atoms with Crippen LogP contribution in [0.15, 0.2) is 30.3 Å². The number of sulfone groups is 1. The second-order valence-electron chi connectivity index (χ2n) is 5.19. The first-order chi connectivity index (χ1) is 9.31. The molecular weight excluding hydrogens is 274 g/mol. The molecule has 1 aromatic heterocycles. The van der Waals surface area contributed by atoms with Gasteiger partial charge in [-0.1, -0.05) is 18.2 Å². The van der Waals surface area contributed by atoms with Crippen LogP contribution in [0, 0.1) is 6.92 Å². The Balaban J connectivity index is 2.49. The number of aromatic nitrogens is 1.